The molecular formula is C17H31IN8. The van der Waals surface area contributed by atoms with Gasteiger partial charge in [0, 0.05) is 38.4 Å². The Labute approximate surface area is 172 Å². The highest BCUT2D eigenvalue weighted by atomic mass is 127. The number of guanidine groups is 1. The number of hydrogen-bond donors (Lipinski definition) is 2. The Hall–Kier alpha value is -1.65. The summed E-state index contributed by atoms with van der Waals surface area (Å²) in [4.78, 5) is 4.64. The lowest BCUT2D eigenvalue weighted by Gasteiger charge is -2.11. The van der Waals surface area contributed by atoms with Gasteiger partial charge in [-0.3, -0.25) is 9.67 Å². The summed E-state index contributed by atoms with van der Waals surface area (Å²) in [5.74, 6) is 0.889. The molecule has 2 aromatic rings. The summed E-state index contributed by atoms with van der Waals surface area (Å²) < 4.78 is 4.05. The smallest absolute Gasteiger partial charge is 0.191 e. The third-order valence-corrected chi connectivity index (χ3v) is 3.85. The Balaban J connectivity index is 0.00000338. The van der Waals surface area contributed by atoms with Gasteiger partial charge in [-0.15, -0.1) is 34.2 Å². The predicted octanol–water partition coefficient (Wildman–Crippen LogP) is 2.14. The van der Waals surface area contributed by atoms with Crippen LogP contribution >= 0.6 is 24.0 Å². The van der Waals surface area contributed by atoms with Gasteiger partial charge < -0.3 is 15.2 Å². The third kappa shape index (κ3) is 8.15. The second-order valence-electron chi connectivity index (χ2n) is 6.10. The molecule has 0 radical (unpaired) electrons. The molecule has 2 aromatic heterocycles. The summed E-state index contributed by atoms with van der Waals surface area (Å²) in [5, 5.41) is 18.8. The van der Waals surface area contributed by atoms with Crippen molar-refractivity contribution in [2.75, 3.05) is 19.6 Å². The maximum absolute atomic E-state index is 4.64. The van der Waals surface area contributed by atoms with Crippen LogP contribution in [0.1, 0.15) is 37.6 Å². The summed E-state index contributed by atoms with van der Waals surface area (Å²) in [6.45, 7) is 10.6. The van der Waals surface area contributed by atoms with Crippen molar-refractivity contribution in [1.29, 1.82) is 0 Å². The number of aromatic nitrogens is 5. The second-order valence-corrected chi connectivity index (χ2v) is 6.10. The van der Waals surface area contributed by atoms with Crippen LogP contribution in [0, 0.1) is 13.8 Å². The van der Waals surface area contributed by atoms with Crippen LogP contribution in [0.5, 0.6) is 0 Å². The molecule has 0 atom stereocenters. The average Bonchev–Trinajstić information content (AvgIpc) is 3.20. The predicted molar refractivity (Wildman–Crippen MR) is 115 cm³/mol. The Kier molecular flexibility index (Phi) is 10.9. The van der Waals surface area contributed by atoms with Crippen LogP contribution in [0.3, 0.4) is 0 Å². The number of hydrogen-bond acceptors (Lipinski definition) is 4. The topological polar surface area (TPSA) is 85.0 Å². The van der Waals surface area contributed by atoms with Crippen molar-refractivity contribution in [3.8, 4) is 0 Å². The van der Waals surface area contributed by atoms with Crippen LogP contribution in [-0.2, 0) is 13.1 Å². The van der Waals surface area contributed by atoms with Gasteiger partial charge in [-0.1, -0.05) is 0 Å². The molecule has 0 spiro atoms. The minimum absolute atomic E-state index is 0. The number of aryl methyl sites for hydroxylation is 4. The van der Waals surface area contributed by atoms with E-state index in [9.17, 15) is 0 Å². The van der Waals surface area contributed by atoms with E-state index in [2.05, 4.69) is 55.5 Å². The van der Waals surface area contributed by atoms with Crippen molar-refractivity contribution in [1.82, 2.24) is 35.2 Å². The number of aliphatic imine (C=N–C) groups is 1. The van der Waals surface area contributed by atoms with Gasteiger partial charge >= 0.3 is 0 Å². The van der Waals surface area contributed by atoms with Gasteiger partial charge in [0.05, 0.1) is 5.69 Å². The van der Waals surface area contributed by atoms with Crippen LogP contribution in [-0.4, -0.2) is 50.1 Å². The molecule has 2 N–H and O–H groups in total. The molecular weight excluding hydrogens is 443 g/mol. The molecule has 2 heterocycles. The van der Waals surface area contributed by atoms with Crippen molar-refractivity contribution in [3.05, 3.63) is 30.1 Å². The lowest BCUT2D eigenvalue weighted by molar-refractivity contribution is 0.566. The van der Waals surface area contributed by atoms with Crippen molar-refractivity contribution < 1.29 is 0 Å². The van der Waals surface area contributed by atoms with E-state index in [0.29, 0.717) is 0 Å². The van der Waals surface area contributed by atoms with Crippen LogP contribution in [0.2, 0.25) is 0 Å². The van der Waals surface area contributed by atoms with Gasteiger partial charge in [-0.2, -0.15) is 5.10 Å². The lowest BCUT2D eigenvalue weighted by atomic mass is 10.3. The van der Waals surface area contributed by atoms with Crippen molar-refractivity contribution in [2.24, 2.45) is 4.99 Å². The highest BCUT2D eigenvalue weighted by Gasteiger charge is 2.01. The summed E-state index contributed by atoms with van der Waals surface area (Å²) in [5.41, 5.74) is 2.28. The maximum atomic E-state index is 4.64. The van der Waals surface area contributed by atoms with E-state index in [-0.39, 0.29) is 24.0 Å². The molecule has 0 bridgehead atoms. The maximum Gasteiger partial charge on any atom is 0.191 e. The van der Waals surface area contributed by atoms with Crippen LogP contribution in [0.4, 0.5) is 0 Å². The zero-order valence-corrected chi connectivity index (χ0v) is 18.3. The fourth-order valence-corrected chi connectivity index (χ4v) is 2.62. The third-order valence-electron chi connectivity index (χ3n) is 3.85. The largest absolute Gasteiger partial charge is 0.357 e. The Morgan fingerprint density at radius 1 is 1.08 bits per heavy atom. The first-order valence-corrected chi connectivity index (χ1v) is 9.04. The summed E-state index contributed by atoms with van der Waals surface area (Å²) in [6.07, 6.45) is 6.65. The van der Waals surface area contributed by atoms with E-state index in [1.165, 1.54) is 5.69 Å². The van der Waals surface area contributed by atoms with Gasteiger partial charge in [0.2, 0.25) is 0 Å². The van der Waals surface area contributed by atoms with E-state index in [4.69, 9.17) is 0 Å². The van der Waals surface area contributed by atoms with Crippen LogP contribution < -0.4 is 10.6 Å². The zero-order valence-electron chi connectivity index (χ0n) is 16.0. The fourth-order valence-electron chi connectivity index (χ4n) is 2.62. The molecule has 0 aliphatic carbocycles. The molecule has 8 nitrogen and oxygen atoms in total. The van der Waals surface area contributed by atoms with Crippen molar-refractivity contribution in [3.63, 3.8) is 0 Å². The molecule has 26 heavy (non-hydrogen) atoms. The zero-order chi connectivity index (χ0) is 17.9. The van der Waals surface area contributed by atoms with Gasteiger partial charge in [-0.25, -0.2) is 0 Å². The molecule has 0 aromatic carbocycles. The molecule has 0 aliphatic rings. The first-order chi connectivity index (χ1) is 12.2. The second kappa shape index (κ2) is 12.7. The minimum atomic E-state index is 0. The first kappa shape index (κ1) is 22.4. The van der Waals surface area contributed by atoms with Crippen molar-refractivity contribution in [2.45, 2.75) is 53.1 Å². The molecule has 9 heteroatoms. The molecule has 0 aliphatic heterocycles. The Morgan fingerprint density at radius 2 is 1.85 bits per heavy atom. The van der Waals surface area contributed by atoms with Gasteiger partial charge in [0.1, 0.15) is 12.7 Å². The normalized spacial score (nSPS) is 11.3. The highest BCUT2D eigenvalue weighted by Crippen LogP contribution is 2.02. The SMILES string of the molecule is CCNC(=NCCCn1nc(C)cc1C)NCCCCn1cnnc1.I. The van der Waals surface area contributed by atoms with Gasteiger partial charge in [0.25, 0.3) is 0 Å². The standard InChI is InChI=1S/C17H30N8.HI/c1-4-18-17(19-8-5-6-10-24-13-21-22-14-24)20-9-7-11-25-16(3)12-15(2)23-25;/h12-14H,4-11H2,1-3H3,(H2,18,19,20);1H. The number of nitrogens with one attached hydrogen (secondary N) is 2. The van der Waals surface area contributed by atoms with Gasteiger partial charge in [-0.05, 0) is 46.1 Å². The van der Waals surface area contributed by atoms with Crippen LogP contribution in [0.25, 0.3) is 0 Å². The first-order valence-electron chi connectivity index (χ1n) is 9.04. The summed E-state index contributed by atoms with van der Waals surface area (Å²) in [7, 11) is 0. The Bertz CT molecular complexity index is 635. The van der Waals surface area contributed by atoms with E-state index < -0.39 is 0 Å². The highest BCUT2D eigenvalue weighted by molar-refractivity contribution is 14.0. The molecule has 0 saturated carbocycles. The molecule has 0 unspecified atom stereocenters. The number of rotatable bonds is 10. The fraction of sp³-hybridized carbons (Fsp3) is 0.647. The molecule has 0 saturated heterocycles. The van der Waals surface area contributed by atoms with E-state index >= 15 is 0 Å². The Morgan fingerprint density at radius 3 is 2.50 bits per heavy atom. The van der Waals surface area contributed by atoms with Crippen molar-refractivity contribution >= 4 is 29.9 Å². The van der Waals surface area contributed by atoms with Crippen LogP contribution in [0.15, 0.2) is 23.7 Å². The van der Waals surface area contributed by atoms with E-state index in [0.717, 1.165) is 63.6 Å². The number of halogens is 1. The van der Waals surface area contributed by atoms with E-state index in [1.807, 2.05) is 11.5 Å². The molecule has 146 valence electrons. The minimum Gasteiger partial charge on any atom is -0.357 e. The average molecular weight is 474 g/mol. The lowest BCUT2D eigenvalue weighted by Crippen LogP contribution is -2.38. The van der Waals surface area contributed by atoms with Gasteiger partial charge in [0.15, 0.2) is 5.96 Å². The summed E-state index contributed by atoms with van der Waals surface area (Å²) in [6, 6.07) is 2.11. The van der Waals surface area contributed by atoms with E-state index in [1.54, 1.807) is 12.7 Å². The number of unbranched alkanes of at least 4 members (excludes halogenated alkanes) is 1. The molecule has 0 amide bonds. The molecule has 0 fully saturated rings. The number of nitrogens with zero attached hydrogens (tertiary/aromatic N) is 6. The summed E-state index contributed by atoms with van der Waals surface area (Å²) >= 11 is 0. The molecule has 2 rings (SSSR count). The monoisotopic (exact) mass is 474 g/mol. The quantitative estimate of drug-likeness (QED) is 0.239.